The fourth-order valence-corrected chi connectivity index (χ4v) is 5.20. The molecule has 0 bridgehead atoms. The van der Waals surface area contributed by atoms with Crippen molar-refractivity contribution in [1.82, 2.24) is 9.80 Å². The van der Waals surface area contributed by atoms with Crippen molar-refractivity contribution in [2.24, 2.45) is 0 Å². The van der Waals surface area contributed by atoms with Crippen molar-refractivity contribution in [3.63, 3.8) is 0 Å². The van der Waals surface area contributed by atoms with E-state index in [1.807, 2.05) is 24.0 Å². The van der Waals surface area contributed by atoms with E-state index in [0.717, 1.165) is 29.5 Å². The molecule has 0 saturated heterocycles. The normalized spacial score (nSPS) is 16.3. The molecule has 220 valence electrons. The van der Waals surface area contributed by atoms with Gasteiger partial charge >= 0.3 is 17.9 Å². The molecule has 2 amide bonds. The highest BCUT2D eigenvalue weighted by atomic mass is 16.6. The van der Waals surface area contributed by atoms with E-state index >= 15 is 0 Å². The summed E-state index contributed by atoms with van der Waals surface area (Å²) in [5.74, 6) is -0.903. The number of nitrogens with zero attached hydrogens (tertiary/aromatic N) is 2. The topological polar surface area (TPSA) is 120 Å². The van der Waals surface area contributed by atoms with Crippen LogP contribution in [0.1, 0.15) is 77.0 Å². The van der Waals surface area contributed by atoms with Gasteiger partial charge < -0.3 is 24.0 Å². The summed E-state index contributed by atoms with van der Waals surface area (Å²) >= 11 is 0. The van der Waals surface area contributed by atoms with Crippen LogP contribution in [0.25, 0.3) is 0 Å². The molecule has 1 fully saturated rings. The molecule has 3 rings (SSSR count). The second-order valence-electron chi connectivity index (χ2n) is 10.4. The quantitative estimate of drug-likeness (QED) is 0.322. The van der Waals surface area contributed by atoms with E-state index in [1.165, 1.54) is 27.7 Å². The number of amides is 2. The number of esters is 3. The smallest absolute Gasteiger partial charge is 0.308 e. The monoisotopic (exact) mass is 566 g/mol. The number of carbonyl (C=O) groups excluding carboxylic acids is 5. The van der Waals surface area contributed by atoms with Crippen molar-refractivity contribution in [3.05, 3.63) is 53.1 Å². The van der Waals surface area contributed by atoms with Gasteiger partial charge in [0, 0.05) is 59.8 Å². The van der Waals surface area contributed by atoms with Gasteiger partial charge in [0.2, 0.25) is 11.8 Å². The van der Waals surface area contributed by atoms with Crippen LogP contribution in [0.4, 0.5) is 0 Å². The third kappa shape index (κ3) is 8.89. The first kappa shape index (κ1) is 31.3. The van der Waals surface area contributed by atoms with Gasteiger partial charge in [0.05, 0.1) is 0 Å². The molecule has 0 unspecified atom stereocenters. The number of hydrogen-bond acceptors (Lipinski definition) is 8. The highest BCUT2D eigenvalue weighted by Gasteiger charge is 2.31. The summed E-state index contributed by atoms with van der Waals surface area (Å²) in [6.07, 6.45) is 2.87. The molecule has 0 heterocycles. The van der Waals surface area contributed by atoms with Crippen molar-refractivity contribution in [3.8, 4) is 17.2 Å². The number of hydrogen-bond donors (Lipinski definition) is 0. The Morgan fingerprint density at radius 1 is 0.610 bits per heavy atom. The molecule has 10 heteroatoms. The summed E-state index contributed by atoms with van der Waals surface area (Å²) < 4.78 is 15.7. The molecule has 41 heavy (non-hydrogen) atoms. The third-order valence-corrected chi connectivity index (χ3v) is 7.08. The lowest BCUT2D eigenvalue weighted by Crippen LogP contribution is -2.46. The average Bonchev–Trinajstić information content (AvgIpc) is 2.88. The Kier molecular flexibility index (Phi) is 10.6. The van der Waals surface area contributed by atoms with E-state index in [0.29, 0.717) is 25.1 Å². The van der Waals surface area contributed by atoms with Crippen LogP contribution in [0.2, 0.25) is 0 Å². The minimum atomic E-state index is -0.555. The summed E-state index contributed by atoms with van der Waals surface area (Å²) in [5, 5.41) is 0. The maximum absolute atomic E-state index is 12.7. The van der Waals surface area contributed by atoms with Crippen LogP contribution in [0.15, 0.2) is 36.4 Å². The molecule has 0 aliphatic heterocycles. The predicted octanol–water partition coefficient (Wildman–Crippen LogP) is 4.48. The summed E-state index contributed by atoms with van der Waals surface area (Å²) in [6, 6.07) is 10.5. The van der Waals surface area contributed by atoms with Gasteiger partial charge in [-0.3, -0.25) is 24.0 Å². The Balaban J connectivity index is 1.71. The van der Waals surface area contributed by atoms with Crippen molar-refractivity contribution in [1.29, 1.82) is 0 Å². The van der Waals surface area contributed by atoms with E-state index in [1.54, 1.807) is 36.1 Å². The van der Waals surface area contributed by atoms with Crippen LogP contribution in [-0.4, -0.2) is 51.6 Å². The first-order valence-electron chi connectivity index (χ1n) is 13.7. The Labute approximate surface area is 240 Å². The molecule has 0 radical (unpaired) electrons. The zero-order valence-electron chi connectivity index (χ0n) is 24.5. The molecule has 0 N–H and O–H groups in total. The van der Waals surface area contributed by atoms with Gasteiger partial charge in [-0.1, -0.05) is 18.2 Å². The fraction of sp³-hybridized carbons (Fsp3) is 0.452. The standard InChI is InChI=1S/C31H38N2O8/c1-19-7-8-25(15-30(19)40-23(5)37)17-32(20(2)34)27-10-12-28(13-11-27)33(21(3)35)18-26-9-14-29(39-22(4)36)31(16-26)41-24(6)38/h7-9,14-16,27-28H,10-13,17-18H2,1-6H3. The number of ether oxygens (including phenoxy) is 3. The lowest BCUT2D eigenvalue weighted by Gasteiger charge is -2.40. The highest BCUT2D eigenvalue weighted by molar-refractivity contribution is 5.75. The number of aryl methyl sites for hydroxylation is 1. The average molecular weight is 567 g/mol. The molecule has 2 aromatic rings. The van der Waals surface area contributed by atoms with Crippen molar-refractivity contribution in [2.75, 3.05) is 0 Å². The third-order valence-electron chi connectivity index (χ3n) is 7.08. The first-order chi connectivity index (χ1) is 19.3. The number of rotatable bonds is 9. The van der Waals surface area contributed by atoms with Gasteiger partial charge in [-0.05, 0) is 67.5 Å². The molecule has 1 saturated carbocycles. The number of carbonyl (C=O) groups is 5. The zero-order valence-corrected chi connectivity index (χ0v) is 24.5. The van der Waals surface area contributed by atoms with Crippen LogP contribution in [-0.2, 0) is 37.1 Å². The van der Waals surface area contributed by atoms with E-state index in [2.05, 4.69) is 0 Å². The van der Waals surface area contributed by atoms with Gasteiger partial charge in [0.25, 0.3) is 0 Å². The fourth-order valence-electron chi connectivity index (χ4n) is 5.20. The summed E-state index contributed by atoms with van der Waals surface area (Å²) in [4.78, 5) is 63.5. The van der Waals surface area contributed by atoms with Crippen molar-refractivity contribution < 1.29 is 38.2 Å². The number of benzene rings is 2. The SMILES string of the molecule is CC(=O)Oc1cc(CN(C(C)=O)C2CCC(N(Cc3ccc(OC(C)=O)c(OC(C)=O)c3)C(C)=O)CC2)ccc1C. The Morgan fingerprint density at radius 3 is 1.44 bits per heavy atom. The lowest BCUT2D eigenvalue weighted by molar-refractivity contribution is -0.136. The summed E-state index contributed by atoms with van der Waals surface area (Å²) in [5.41, 5.74) is 2.43. The molecular formula is C31H38N2O8. The molecule has 0 spiro atoms. The molecule has 0 atom stereocenters. The van der Waals surface area contributed by atoms with Crippen LogP contribution in [0.5, 0.6) is 17.2 Å². The van der Waals surface area contributed by atoms with Gasteiger partial charge in [-0.2, -0.15) is 0 Å². The van der Waals surface area contributed by atoms with Gasteiger partial charge in [0.1, 0.15) is 5.75 Å². The van der Waals surface area contributed by atoms with E-state index in [-0.39, 0.29) is 41.9 Å². The Hall–Kier alpha value is -4.21. The lowest BCUT2D eigenvalue weighted by atomic mass is 9.88. The van der Waals surface area contributed by atoms with E-state index in [4.69, 9.17) is 14.2 Å². The molecular weight excluding hydrogens is 528 g/mol. The Bertz CT molecular complexity index is 1310. The van der Waals surface area contributed by atoms with Crippen LogP contribution < -0.4 is 14.2 Å². The Morgan fingerprint density at radius 2 is 1.00 bits per heavy atom. The minimum absolute atomic E-state index is 0.00891. The van der Waals surface area contributed by atoms with Gasteiger partial charge in [-0.15, -0.1) is 0 Å². The molecule has 2 aromatic carbocycles. The second-order valence-corrected chi connectivity index (χ2v) is 10.4. The highest BCUT2D eigenvalue weighted by Crippen LogP contribution is 2.32. The zero-order chi connectivity index (χ0) is 30.3. The minimum Gasteiger partial charge on any atom is -0.426 e. The second kappa shape index (κ2) is 13.9. The van der Waals surface area contributed by atoms with Crippen LogP contribution in [0.3, 0.4) is 0 Å². The van der Waals surface area contributed by atoms with E-state index in [9.17, 15) is 24.0 Å². The van der Waals surface area contributed by atoms with Gasteiger partial charge in [0.15, 0.2) is 11.5 Å². The van der Waals surface area contributed by atoms with E-state index < -0.39 is 17.9 Å². The van der Waals surface area contributed by atoms with Crippen LogP contribution in [0, 0.1) is 6.92 Å². The first-order valence-corrected chi connectivity index (χ1v) is 13.7. The maximum atomic E-state index is 12.7. The molecule has 0 aromatic heterocycles. The van der Waals surface area contributed by atoms with Gasteiger partial charge in [-0.25, -0.2) is 0 Å². The van der Waals surface area contributed by atoms with Crippen molar-refractivity contribution >= 4 is 29.7 Å². The van der Waals surface area contributed by atoms with Crippen molar-refractivity contribution in [2.45, 2.75) is 92.4 Å². The molecule has 1 aliphatic rings. The largest absolute Gasteiger partial charge is 0.426 e. The molecule has 1 aliphatic carbocycles. The molecule has 10 nitrogen and oxygen atoms in total. The summed E-state index contributed by atoms with van der Waals surface area (Å²) in [6.45, 7) is 9.48. The predicted molar refractivity (Wildman–Crippen MR) is 150 cm³/mol. The van der Waals surface area contributed by atoms with Crippen LogP contribution >= 0.6 is 0 Å². The summed E-state index contributed by atoms with van der Waals surface area (Å²) in [7, 11) is 0. The maximum Gasteiger partial charge on any atom is 0.308 e.